The van der Waals surface area contributed by atoms with Crippen LogP contribution in [0.15, 0.2) is 30.5 Å². The van der Waals surface area contributed by atoms with E-state index in [1.165, 1.54) is 12.3 Å². The monoisotopic (exact) mass is 453 g/mol. The summed E-state index contributed by atoms with van der Waals surface area (Å²) in [4.78, 5) is 15.2. The van der Waals surface area contributed by atoms with Gasteiger partial charge in [0.05, 0.1) is 29.6 Å². The minimum Gasteiger partial charge on any atom is -0.755 e. The topological polar surface area (TPSA) is 82.6 Å². The van der Waals surface area contributed by atoms with Crippen molar-refractivity contribution in [1.82, 2.24) is 4.98 Å². The maximum Gasteiger partial charge on any atom is 0.340 e. The van der Waals surface area contributed by atoms with E-state index in [2.05, 4.69) is 9.72 Å². The second-order valence-corrected chi connectivity index (χ2v) is 6.17. The highest BCUT2D eigenvalue weighted by atomic mass is 127. The highest BCUT2D eigenvalue weighted by Crippen LogP contribution is 2.30. The molecule has 1 heterocycles. The Hall–Kier alpha value is -1.66. The average molecular weight is 453 g/mol. The van der Waals surface area contributed by atoms with E-state index in [1.807, 2.05) is 22.6 Å². The van der Waals surface area contributed by atoms with Crippen LogP contribution >= 0.6 is 22.6 Å². The summed E-state index contributed by atoms with van der Waals surface area (Å²) in [6.07, 6.45) is 1.37. The number of methoxy groups -OCH3 is 1. The SMILES string of the molecule is COC(=O)c1cc(F)c(N(c2ccc(I)cn2)S(=O)[O-])cc1F. The molecule has 2 aromatic rings. The Morgan fingerprint density at radius 3 is 2.57 bits per heavy atom. The molecule has 0 saturated heterocycles. The molecule has 0 bridgehead atoms. The standard InChI is InChI=1S/C13H9F2IN2O4S/c1-22-13(19)8-4-10(15)11(5-9(8)14)18(23(20)21)12-3-2-7(16)6-17-12/h2-6H,1H3,(H,20,21)/p-1. The second kappa shape index (κ2) is 7.27. The lowest BCUT2D eigenvalue weighted by Crippen LogP contribution is -2.22. The lowest BCUT2D eigenvalue weighted by molar-refractivity contribution is 0.0595. The van der Waals surface area contributed by atoms with Crippen LogP contribution in [0.3, 0.4) is 0 Å². The molecular formula is C13H8F2IN2O4S-. The summed E-state index contributed by atoms with van der Waals surface area (Å²) in [5.74, 6) is -3.43. The van der Waals surface area contributed by atoms with Crippen molar-refractivity contribution < 1.29 is 27.1 Å². The highest BCUT2D eigenvalue weighted by molar-refractivity contribution is 14.1. The van der Waals surface area contributed by atoms with Crippen LogP contribution in [0.25, 0.3) is 0 Å². The molecule has 0 aliphatic heterocycles. The quantitative estimate of drug-likeness (QED) is 0.404. The molecule has 0 amide bonds. The van der Waals surface area contributed by atoms with Gasteiger partial charge in [0.25, 0.3) is 0 Å². The molecule has 1 unspecified atom stereocenters. The zero-order chi connectivity index (χ0) is 17.1. The Bertz CT molecular complexity index is 773. The summed E-state index contributed by atoms with van der Waals surface area (Å²) in [6.45, 7) is 0. The van der Waals surface area contributed by atoms with Crippen LogP contribution in [0, 0.1) is 15.2 Å². The van der Waals surface area contributed by atoms with Gasteiger partial charge >= 0.3 is 5.97 Å². The van der Waals surface area contributed by atoms with E-state index in [-0.39, 0.29) is 5.82 Å². The van der Waals surface area contributed by atoms with Crippen LogP contribution in [0.5, 0.6) is 0 Å². The van der Waals surface area contributed by atoms with E-state index in [9.17, 15) is 22.3 Å². The number of ether oxygens (including phenoxy) is 1. The van der Waals surface area contributed by atoms with E-state index in [0.717, 1.165) is 10.7 Å². The number of anilines is 2. The lowest BCUT2D eigenvalue weighted by atomic mass is 10.2. The molecule has 0 aliphatic carbocycles. The Morgan fingerprint density at radius 1 is 1.35 bits per heavy atom. The first kappa shape index (κ1) is 17.7. The molecule has 1 aromatic carbocycles. The van der Waals surface area contributed by atoms with Gasteiger partial charge in [0.2, 0.25) is 0 Å². The van der Waals surface area contributed by atoms with E-state index in [4.69, 9.17) is 0 Å². The minimum atomic E-state index is -2.95. The number of hydrogen-bond donors (Lipinski definition) is 0. The normalized spacial score (nSPS) is 11.9. The number of nitrogens with zero attached hydrogens (tertiary/aromatic N) is 2. The maximum atomic E-state index is 14.2. The fourth-order valence-electron chi connectivity index (χ4n) is 1.73. The summed E-state index contributed by atoms with van der Waals surface area (Å²) in [7, 11) is 1.02. The van der Waals surface area contributed by atoms with Crippen LogP contribution in [-0.2, 0) is 16.0 Å². The van der Waals surface area contributed by atoms with Gasteiger partial charge in [-0.25, -0.2) is 18.6 Å². The number of halogens is 3. The largest absolute Gasteiger partial charge is 0.755 e. The maximum absolute atomic E-state index is 14.2. The Balaban J connectivity index is 2.56. The van der Waals surface area contributed by atoms with Crippen molar-refractivity contribution in [2.45, 2.75) is 0 Å². The van der Waals surface area contributed by atoms with Gasteiger partial charge in [0, 0.05) is 15.8 Å². The van der Waals surface area contributed by atoms with Gasteiger partial charge in [-0.05, 0) is 40.8 Å². The van der Waals surface area contributed by atoms with Crippen molar-refractivity contribution >= 4 is 51.3 Å². The molecule has 0 aliphatic rings. The van der Waals surface area contributed by atoms with Gasteiger partial charge in [-0.3, -0.25) is 8.51 Å². The Kier molecular flexibility index (Phi) is 5.59. The predicted octanol–water partition coefficient (Wildman–Crippen LogP) is 2.68. The van der Waals surface area contributed by atoms with Crippen LogP contribution in [0.2, 0.25) is 0 Å². The first-order valence-electron chi connectivity index (χ1n) is 5.93. The number of pyridine rings is 1. The Labute approximate surface area is 146 Å². The number of hydrogen-bond acceptors (Lipinski definition) is 5. The molecule has 1 atom stereocenters. The Morgan fingerprint density at radius 2 is 2.04 bits per heavy atom. The summed E-state index contributed by atoms with van der Waals surface area (Å²) in [5, 5.41) is 0. The molecule has 2 rings (SSSR count). The van der Waals surface area contributed by atoms with E-state index in [1.54, 1.807) is 6.07 Å². The van der Waals surface area contributed by atoms with Crippen molar-refractivity contribution in [3.8, 4) is 0 Å². The van der Waals surface area contributed by atoms with Gasteiger partial charge in [0.1, 0.15) is 17.5 Å². The van der Waals surface area contributed by atoms with Crippen LogP contribution < -0.4 is 4.31 Å². The van der Waals surface area contributed by atoms with Gasteiger partial charge in [0.15, 0.2) is 0 Å². The average Bonchev–Trinajstić information content (AvgIpc) is 2.51. The van der Waals surface area contributed by atoms with E-state index >= 15 is 0 Å². The van der Waals surface area contributed by atoms with Crippen molar-refractivity contribution in [2.24, 2.45) is 0 Å². The van der Waals surface area contributed by atoms with Gasteiger partial charge in [-0.15, -0.1) is 0 Å². The fourth-order valence-corrected chi connectivity index (χ4v) is 2.61. The zero-order valence-electron chi connectivity index (χ0n) is 11.5. The van der Waals surface area contributed by atoms with Gasteiger partial charge < -0.3 is 9.29 Å². The van der Waals surface area contributed by atoms with Gasteiger partial charge in [-0.1, -0.05) is 0 Å². The third-order valence-corrected chi connectivity index (χ3v) is 4.05. The number of benzene rings is 1. The summed E-state index contributed by atoms with van der Waals surface area (Å²) < 4.78 is 56.5. The number of aromatic nitrogens is 1. The van der Waals surface area contributed by atoms with Gasteiger partial charge in [-0.2, -0.15) is 0 Å². The third-order valence-electron chi connectivity index (χ3n) is 2.73. The molecule has 1 aromatic heterocycles. The smallest absolute Gasteiger partial charge is 0.340 e. The molecule has 23 heavy (non-hydrogen) atoms. The van der Waals surface area contributed by atoms with E-state index < -0.39 is 40.1 Å². The lowest BCUT2D eigenvalue weighted by Gasteiger charge is -2.26. The molecular weight excluding hydrogens is 445 g/mol. The number of carbonyl (C=O) groups is 1. The number of carbonyl (C=O) groups excluding carboxylic acids is 1. The first-order chi connectivity index (χ1) is 10.8. The van der Waals surface area contributed by atoms with Crippen molar-refractivity contribution in [3.63, 3.8) is 0 Å². The van der Waals surface area contributed by atoms with Crippen molar-refractivity contribution in [3.05, 3.63) is 51.2 Å². The van der Waals surface area contributed by atoms with E-state index in [0.29, 0.717) is 16.4 Å². The fraction of sp³-hybridized carbons (Fsp3) is 0.0769. The van der Waals surface area contributed by atoms with Crippen LogP contribution in [-0.4, -0.2) is 26.8 Å². The molecule has 122 valence electrons. The molecule has 0 radical (unpaired) electrons. The summed E-state index contributed by atoms with van der Waals surface area (Å²) in [5.41, 5.74) is -1.24. The molecule has 0 saturated carbocycles. The molecule has 0 spiro atoms. The first-order valence-corrected chi connectivity index (χ1v) is 8.04. The van der Waals surface area contributed by atoms with Crippen LogP contribution in [0.1, 0.15) is 10.4 Å². The minimum absolute atomic E-state index is 0.122. The van der Waals surface area contributed by atoms with Crippen molar-refractivity contribution in [2.75, 3.05) is 11.4 Å². The molecule has 0 fully saturated rings. The third kappa shape index (κ3) is 3.82. The second-order valence-electron chi connectivity index (χ2n) is 4.12. The summed E-state index contributed by atoms with van der Waals surface area (Å²) in [6, 6.07) is 4.06. The molecule has 10 heteroatoms. The number of esters is 1. The molecule has 0 N–H and O–H groups in total. The van der Waals surface area contributed by atoms with Crippen LogP contribution in [0.4, 0.5) is 20.3 Å². The highest BCUT2D eigenvalue weighted by Gasteiger charge is 2.22. The van der Waals surface area contributed by atoms with Crippen molar-refractivity contribution in [1.29, 1.82) is 0 Å². The predicted molar refractivity (Wildman–Crippen MR) is 85.7 cm³/mol. The summed E-state index contributed by atoms with van der Waals surface area (Å²) >= 11 is -0.995. The number of rotatable bonds is 4. The zero-order valence-corrected chi connectivity index (χ0v) is 14.4. The molecule has 6 nitrogen and oxygen atoms in total.